The molecule has 16 heavy (non-hydrogen) atoms. The van der Waals surface area contributed by atoms with E-state index in [0.717, 1.165) is 6.20 Å². The number of aromatic amines is 1. The molecule has 0 aliphatic rings. The van der Waals surface area contributed by atoms with Gasteiger partial charge in [-0.2, -0.15) is 5.10 Å². The van der Waals surface area contributed by atoms with Gasteiger partial charge >= 0.3 is 6.03 Å². The van der Waals surface area contributed by atoms with Crippen LogP contribution in [0.2, 0.25) is 0 Å². The SMILES string of the molecule is CCCNC(=O)NS(=O)(=O)c1cn[nH]c1N. The zero-order chi connectivity index (χ0) is 12.2. The van der Waals surface area contributed by atoms with Gasteiger partial charge in [0.15, 0.2) is 0 Å². The first-order valence-corrected chi connectivity index (χ1v) is 6.05. The number of anilines is 1. The lowest BCUT2D eigenvalue weighted by molar-refractivity contribution is 0.246. The average molecular weight is 247 g/mol. The van der Waals surface area contributed by atoms with Gasteiger partial charge in [0.2, 0.25) is 0 Å². The predicted octanol–water partition coefficient (Wildman–Crippen LogP) is -0.610. The van der Waals surface area contributed by atoms with E-state index in [1.165, 1.54) is 0 Å². The molecule has 5 N–H and O–H groups in total. The number of rotatable bonds is 4. The van der Waals surface area contributed by atoms with Crippen molar-refractivity contribution in [3.63, 3.8) is 0 Å². The van der Waals surface area contributed by atoms with Crippen molar-refractivity contribution in [2.45, 2.75) is 18.2 Å². The topological polar surface area (TPSA) is 130 Å². The summed E-state index contributed by atoms with van der Waals surface area (Å²) in [7, 11) is -3.96. The number of H-pyrrole nitrogens is 1. The summed E-state index contributed by atoms with van der Waals surface area (Å²) in [6.07, 6.45) is 1.74. The predicted molar refractivity (Wildman–Crippen MR) is 57.0 cm³/mol. The minimum absolute atomic E-state index is 0.115. The highest BCUT2D eigenvalue weighted by atomic mass is 32.2. The van der Waals surface area contributed by atoms with E-state index in [-0.39, 0.29) is 10.7 Å². The number of nitrogens with two attached hydrogens (primary N) is 1. The molecule has 1 rings (SSSR count). The molecule has 0 saturated heterocycles. The molecule has 0 aromatic carbocycles. The molecule has 0 spiro atoms. The first kappa shape index (κ1) is 12.3. The number of amides is 2. The van der Waals surface area contributed by atoms with Gasteiger partial charge in [0.1, 0.15) is 10.7 Å². The number of hydrogen-bond acceptors (Lipinski definition) is 5. The zero-order valence-electron chi connectivity index (χ0n) is 8.65. The normalized spacial score (nSPS) is 11.1. The lowest BCUT2D eigenvalue weighted by Crippen LogP contribution is -2.39. The number of urea groups is 1. The van der Waals surface area contributed by atoms with Crippen LogP contribution < -0.4 is 15.8 Å². The van der Waals surface area contributed by atoms with Gasteiger partial charge in [-0.1, -0.05) is 6.92 Å². The second-order valence-corrected chi connectivity index (χ2v) is 4.66. The van der Waals surface area contributed by atoms with Gasteiger partial charge in [-0.15, -0.1) is 0 Å². The first-order chi connectivity index (χ1) is 7.47. The molecule has 0 bridgehead atoms. The highest BCUT2D eigenvalue weighted by Crippen LogP contribution is 2.12. The lowest BCUT2D eigenvalue weighted by Gasteiger charge is -2.06. The Morgan fingerprint density at radius 3 is 2.81 bits per heavy atom. The van der Waals surface area contributed by atoms with Crippen molar-refractivity contribution in [1.82, 2.24) is 20.2 Å². The summed E-state index contributed by atoms with van der Waals surface area (Å²) >= 11 is 0. The maximum absolute atomic E-state index is 11.6. The van der Waals surface area contributed by atoms with Gasteiger partial charge in [-0.05, 0) is 6.42 Å². The van der Waals surface area contributed by atoms with Gasteiger partial charge in [-0.25, -0.2) is 17.9 Å². The Morgan fingerprint density at radius 1 is 1.62 bits per heavy atom. The fourth-order valence-corrected chi connectivity index (χ4v) is 1.90. The standard InChI is InChI=1S/C7H13N5O3S/c1-2-3-9-7(13)12-16(14,15)5-4-10-11-6(5)8/h4H,2-3H2,1H3,(H3,8,10,11)(H2,9,12,13). The Labute approximate surface area is 92.7 Å². The molecule has 0 atom stereocenters. The number of carbonyl (C=O) groups is 1. The van der Waals surface area contributed by atoms with E-state index < -0.39 is 16.1 Å². The lowest BCUT2D eigenvalue weighted by atomic mass is 10.5. The van der Waals surface area contributed by atoms with Crippen molar-refractivity contribution in [2.75, 3.05) is 12.3 Å². The minimum Gasteiger partial charge on any atom is -0.383 e. The van der Waals surface area contributed by atoms with Gasteiger partial charge < -0.3 is 11.1 Å². The van der Waals surface area contributed by atoms with Crippen molar-refractivity contribution in [1.29, 1.82) is 0 Å². The summed E-state index contributed by atoms with van der Waals surface area (Å²) in [6.45, 7) is 2.24. The Morgan fingerprint density at radius 2 is 2.31 bits per heavy atom. The van der Waals surface area contributed by atoms with Gasteiger partial charge in [0.25, 0.3) is 10.0 Å². The second kappa shape index (κ2) is 4.84. The van der Waals surface area contributed by atoms with Crippen LogP contribution in [-0.4, -0.2) is 31.2 Å². The molecule has 90 valence electrons. The molecule has 0 aliphatic heterocycles. The molecule has 9 heteroatoms. The summed E-state index contributed by atoms with van der Waals surface area (Å²) in [6, 6.07) is -0.789. The molecule has 1 aromatic rings. The smallest absolute Gasteiger partial charge is 0.328 e. The van der Waals surface area contributed by atoms with Crippen LogP contribution in [-0.2, 0) is 10.0 Å². The third-order valence-electron chi connectivity index (χ3n) is 1.68. The maximum Gasteiger partial charge on any atom is 0.328 e. The quantitative estimate of drug-likeness (QED) is 0.564. The van der Waals surface area contributed by atoms with Crippen LogP contribution in [0.25, 0.3) is 0 Å². The van der Waals surface area contributed by atoms with Crippen molar-refractivity contribution in [2.24, 2.45) is 0 Å². The van der Waals surface area contributed by atoms with Crippen LogP contribution in [0.15, 0.2) is 11.1 Å². The fraction of sp³-hybridized carbons (Fsp3) is 0.429. The van der Waals surface area contributed by atoms with Crippen LogP contribution in [0.1, 0.15) is 13.3 Å². The Hall–Kier alpha value is -1.77. The summed E-state index contributed by atoms with van der Waals surface area (Å²) in [5, 5.41) is 8.09. The van der Waals surface area contributed by atoms with Crippen molar-refractivity contribution in [3.8, 4) is 0 Å². The molecule has 0 aliphatic carbocycles. The van der Waals surface area contributed by atoms with Gasteiger partial charge in [0, 0.05) is 6.54 Å². The average Bonchev–Trinajstić information content (AvgIpc) is 2.61. The number of nitrogen functional groups attached to an aromatic ring is 1. The summed E-state index contributed by atoms with van der Waals surface area (Å²) < 4.78 is 25.0. The van der Waals surface area contributed by atoms with E-state index in [4.69, 9.17) is 5.73 Å². The zero-order valence-corrected chi connectivity index (χ0v) is 9.47. The molecular weight excluding hydrogens is 234 g/mol. The monoisotopic (exact) mass is 247 g/mol. The van der Waals surface area contributed by atoms with E-state index in [2.05, 4.69) is 15.5 Å². The van der Waals surface area contributed by atoms with E-state index in [9.17, 15) is 13.2 Å². The van der Waals surface area contributed by atoms with Crippen LogP contribution >= 0.6 is 0 Å². The summed E-state index contributed by atoms with van der Waals surface area (Å²) in [5.41, 5.74) is 5.33. The van der Waals surface area contributed by atoms with E-state index >= 15 is 0 Å². The van der Waals surface area contributed by atoms with Crippen LogP contribution in [0.3, 0.4) is 0 Å². The second-order valence-electron chi connectivity index (χ2n) is 3.01. The molecule has 1 aromatic heterocycles. The molecule has 2 amide bonds. The van der Waals surface area contributed by atoms with Crippen molar-refractivity contribution < 1.29 is 13.2 Å². The first-order valence-electron chi connectivity index (χ1n) is 4.57. The van der Waals surface area contributed by atoms with E-state index in [1.54, 1.807) is 0 Å². The third kappa shape index (κ3) is 2.86. The summed E-state index contributed by atoms with van der Waals surface area (Å²) in [5.74, 6) is -0.115. The number of aromatic nitrogens is 2. The minimum atomic E-state index is -3.96. The highest BCUT2D eigenvalue weighted by molar-refractivity contribution is 7.90. The fourth-order valence-electron chi connectivity index (χ4n) is 0.951. The summed E-state index contributed by atoms with van der Waals surface area (Å²) in [4.78, 5) is 10.9. The maximum atomic E-state index is 11.6. The number of nitrogens with zero attached hydrogens (tertiary/aromatic N) is 1. The number of sulfonamides is 1. The van der Waals surface area contributed by atoms with Gasteiger partial charge in [0.05, 0.1) is 6.20 Å². The van der Waals surface area contributed by atoms with E-state index in [1.807, 2.05) is 11.6 Å². The Balaban J connectivity index is 2.74. The molecule has 0 radical (unpaired) electrons. The molecule has 8 nitrogen and oxygen atoms in total. The van der Waals surface area contributed by atoms with Crippen LogP contribution in [0, 0.1) is 0 Å². The highest BCUT2D eigenvalue weighted by Gasteiger charge is 2.21. The van der Waals surface area contributed by atoms with Crippen LogP contribution in [0.5, 0.6) is 0 Å². The van der Waals surface area contributed by atoms with E-state index in [0.29, 0.717) is 13.0 Å². The third-order valence-corrected chi connectivity index (χ3v) is 3.04. The number of nitrogens with one attached hydrogen (secondary N) is 3. The molecule has 0 fully saturated rings. The van der Waals surface area contributed by atoms with Crippen LogP contribution in [0.4, 0.5) is 10.6 Å². The molecule has 0 unspecified atom stereocenters. The molecule has 0 saturated carbocycles. The Kier molecular flexibility index (Phi) is 3.72. The van der Waals surface area contributed by atoms with Crippen molar-refractivity contribution in [3.05, 3.63) is 6.20 Å². The number of carbonyl (C=O) groups excluding carboxylic acids is 1. The number of hydrogen-bond donors (Lipinski definition) is 4. The Bertz CT molecular complexity index is 466. The van der Waals surface area contributed by atoms with Crippen molar-refractivity contribution >= 4 is 21.9 Å². The van der Waals surface area contributed by atoms with Gasteiger partial charge in [-0.3, -0.25) is 5.10 Å². The molecular formula is C7H13N5O3S. The molecule has 1 heterocycles. The largest absolute Gasteiger partial charge is 0.383 e.